The summed E-state index contributed by atoms with van der Waals surface area (Å²) < 4.78 is 14.2. The van der Waals surface area contributed by atoms with Gasteiger partial charge >= 0.3 is 0 Å². The number of hydrogen-bond donors (Lipinski definition) is 0. The van der Waals surface area contributed by atoms with Crippen LogP contribution >= 0.6 is 38.9 Å². The lowest BCUT2D eigenvalue weighted by molar-refractivity contribution is 0.272. The summed E-state index contributed by atoms with van der Waals surface area (Å²) in [5.74, 6) is 2.33. The van der Waals surface area contributed by atoms with Gasteiger partial charge in [-0.25, -0.2) is 14.5 Å². The smallest absolute Gasteiger partial charge is 0.217 e. The third kappa shape index (κ3) is 3.31. The molecule has 0 fully saturated rings. The van der Waals surface area contributed by atoms with Crippen LogP contribution in [0.25, 0.3) is 27.4 Å². The molecule has 6 nitrogen and oxygen atoms in total. The van der Waals surface area contributed by atoms with Crippen molar-refractivity contribution in [3.05, 3.63) is 62.4 Å². The molecule has 0 bridgehead atoms. The topological polar surface area (TPSA) is 65.5 Å². The Bertz CT molecular complexity index is 1370. The highest BCUT2D eigenvalue weighted by atomic mass is 79.9. The first-order valence-corrected chi connectivity index (χ1v) is 10.8. The Morgan fingerprint density at radius 2 is 2.10 bits per heavy atom. The molecule has 4 aromatic heterocycles. The van der Waals surface area contributed by atoms with Crippen molar-refractivity contribution in [2.45, 2.75) is 20.5 Å². The van der Waals surface area contributed by atoms with Gasteiger partial charge in [-0.15, -0.1) is 16.4 Å². The van der Waals surface area contributed by atoms with Crippen LogP contribution < -0.4 is 4.74 Å². The predicted molar refractivity (Wildman–Crippen MR) is 117 cm³/mol. The number of furan rings is 1. The number of benzene rings is 1. The van der Waals surface area contributed by atoms with Crippen LogP contribution in [0.2, 0.25) is 5.02 Å². The summed E-state index contributed by atoms with van der Waals surface area (Å²) in [5, 5.41) is 6.10. The molecule has 5 rings (SSSR count). The molecule has 4 heterocycles. The molecule has 0 N–H and O–H groups in total. The molecule has 5 aromatic rings. The molecule has 0 aliphatic heterocycles. The first-order chi connectivity index (χ1) is 14.0. The molecule has 1 aromatic carbocycles. The van der Waals surface area contributed by atoms with Crippen LogP contribution in [0.15, 0.2) is 45.5 Å². The molecule has 0 radical (unpaired) electrons. The Morgan fingerprint density at radius 1 is 1.24 bits per heavy atom. The van der Waals surface area contributed by atoms with Gasteiger partial charge in [0.1, 0.15) is 29.3 Å². The second kappa shape index (κ2) is 7.12. The van der Waals surface area contributed by atoms with Gasteiger partial charge < -0.3 is 9.15 Å². The quantitative estimate of drug-likeness (QED) is 0.300. The molecule has 0 unspecified atom stereocenters. The average Bonchev–Trinajstić information content (AvgIpc) is 3.39. The number of halogens is 2. The third-order valence-electron chi connectivity index (χ3n) is 4.65. The van der Waals surface area contributed by atoms with E-state index in [2.05, 4.69) is 39.9 Å². The molecular formula is C20H14BrClN4O2S. The Hall–Kier alpha value is -2.42. The van der Waals surface area contributed by atoms with Crippen molar-refractivity contribution in [3.8, 4) is 17.3 Å². The van der Waals surface area contributed by atoms with Gasteiger partial charge in [-0.2, -0.15) is 0 Å². The zero-order chi connectivity index (χ0) is 20.1. The minimum atomic E-state index is 0.253. The van der Waals surface area contributed by atoms with Gasteiger partial charge in [0, 0.05) is 9.35 Å². The van der Waals surface area contributed by atoms with Crippen LogP contribution in [0.3, 0.4) is 0 Å². The lowest BCUT2D eigenvalue weighted by Gasteiger charge is -2.06. The highest BCUT2D eigenvalue weighted by Crippen LogP contribution is 2.32. The molecule has 0 aliphatic carbocycles. The van der Waals surface area contributed by atoms with Crippen LogP contribution in [0.4, 0.5) is 0 Å². The van der Waals surface area contributed by atoms with Crippen LogP contribution in [-0.4, -0.2) is 19.6 Å². The van der Waals surface area contributed by atoms with Gasteiger partial charge in [-0.3, -0.25) is 0 Å². The van der Waals surface area contributed by atoms with Crippen LogP contribution in [0, 0.1) is 13.8 Å². The Labute approximate surface area is 183 Å². The summed E-state index contributed by atoms with van der Waals surface area (Å²) in [6.45, 7) is 4.43. The van der Waals surface area contributed by atoms with Gasteiger partial charge in [0.2, 0.25) is 5.82 Å². The molecule has 0 spiro atoms. The molecule has 146 valence electrons. The summed E-state index contributed by atoms with van der Waals surface area (Å²) in [6.07, 6.45) is 1.69. The zero-order valence-electron chi connectivity index (χ0n) is 15.4. The molecule has 9 heteroatoms. The fourth-order valence-electron chi connectivity index (χ4n) is 3.07. The molecule has 0 saturated heterocycles. The van der Waals surface area contributed by atoms with E-state index in [-0.39, 0.29) is 6.61 Å². The highest BCUT2D eigenvalue weighted by Gasteiger charge is 2.17. The van der Waals surface area contributed by atoms with E-state index in [1.165, 1.54) is 10.4 Å². The molecule has 0 aliphatic rings. The van der Waals surface area contributed by atoms with Gasteiger partial charge in [0.05, 0.1) is 10.4 Å². The predicted octanol–water partition coefficient (Wildman–Crippen LogP) is 6.21. The van der Waals surface area contributed by atoms with Crippen molar-refractivity contribution < 1.29 is 9.15 Å². The molecule has 0 atom stereocenters. The van der Waals surface area contributed by atoms with E-state index in [9.17, 15) is 0 Å². The van der Waals surface area contributed by atoms with Crippen molar-refractivity contribution in [2.24, 2.45) is 0 Å². The fourth-order valence-corrected chi connectivity index (χ4v) is 4.79. The minimum Gasteiger partial charge on any atom is -0.484 e. The van der Waals surface area contributed by atoms with Gasteiger partial charge in [-0.05, 0) is 49.7 Å². The summed E-state index contributed by atoms with van der Waals surface area (Å²) in [5.41, 5.74) is 1.96. The monoisotopic (exact) mass is 488 g/mol. The second-order valence-electron chi connectivity index (χ2n) is 6.54. The standard InChI is InChI=1S/C20H14BrClN4O2S/c1-10-11(2)29-20-17(10)19-24-18(25-26(19)9-23-20)16-6-4-13(28-16)8-27-15-5-3-12(21)7-14(15)22/h3-7,9H,8H2,1-2H3. The van der Waals surface area contributed by atoms with Gasteiger partial charge in [0.25, 0.3) is 0 Å². The van der Waals surface area contributed by atoms with Crippen molar-refractivity contribution in [1.82, 2.24) is 19.6 Å². The third-order valence-corrected chi connectivity index (χ3v) is 6.56. The summed E-state index contributed by atoms with van der Waals surface area (Å²) in [7, 11) is 0. The van der Waals surface area contributed by atoms with E-state index in [4.69, 9.17) is 25.7 Å². The van der Waals surface area contributed by atoms with Crippen LogP contribution in [0.1, 0.15) is 16.2 Å². The average molecular weight is 490 g/mol. The van der Waals surface area contributed by atoms with Crippen LogP contribution in [0.5, 0.6) is 5.75 Å². The number of aryl methyl sites for hydroxylation is 2. The molecular weight excluding hydrogens is 476 g/mol. The lowest BCUT2D eigenvalue weighted by Crippen LogP contribution is -1.94. The number of nitrogens with zero attached hydrogens (tertiary/aromatic N) is 4. The highest BCUT2D eigenvalue weighted by molar-refractivity contribution is 9.10. The van der Waals surface area contributed by atoms with Gasteiger partial charge in [0.15, 0.2) is 11.4 Å². The number of rotatable bonds is 4. The van der Waals surface area contributed by atoms with E-state index in [1.54, 1.807) is 28.2 Å². The number of ether oxygens (including phenoxy) is 1. The molecule has 0 saturated carbocycles. The summed E-state index contributed by atoms with van der Waals surface area (Å²) >= 11 is 11.2. The number of thiophene rings is 1. The lowest BCUT2D eigenvalue weighted by atomic mass is 10.2. The van der Waals surface area contributed by atoms with Crippen molar-refractivity contribution in [1.29, 1.82) is 0 Å². The maximum atomic E-state index is 6.19. The maximum absolute atomic E-state index is 6.19. The SMILES string of the molecule is Cc1sc2ncn3nc(-c4ccc(COc5ccc(Br)cc5Cl)o4)nc3c2c1C. The van der Waals surface area contributed by atoms with E-state index < -0.39 is 0 Å². The fraction of sp³-hybridized carbons (Fsp3) is 0.150. The van der Waals surface area contributed by atoms with E-state index in [1.807, 2.05) is 24.3 Å². The maximum Gasteiger partial charge on any atom is 0.217 e. The number of aromatic nitrogens is 4. The van der Waals surface area contributed by atoms with E-state index in [0.29, 0.717) is 28.1 Å². The molecule has 0 amide bonds. The number of fused-ring (bicyclic) bond motifs is 3. The Morgan fingerprint density at radius 3 is 2.93 bits per heavy atom. The first-order valence-electron chi connectivity index (χ1n) is 8.77. The minimum absolute atomic E-state index is 0.253. The largest absolute Gasteiger partial charge is 0.484 e. The second-order valence-corrected chi connectivity index (χ2v) is 9.07. The summed E-state index contributed by atoms with van der Waals surface area (Å²) in [6, 6.07) is 9.16. The Kier molecular flexibility index (Phi) is 4.57. The van der Waals surface area contributed by atoms with Crippen molar-refractivity contribution in [3.63, 3.8) is 0 Å². The first kappa shape index (κ1) is 18.6. The van der Waals surface area contributed by atoms with E-state index >= 15 is 0 Å². The van der Waals surface area contributed by atoms with Gasteiger partial charge in [-0.1, -0.05) is 27.5 Å². The van der Waals surface area contributed by atoms with E-state index in [0.717, 1.165) is 20.3 Å². The number of hydrogen-bond acceptors (Lipinski definition) is 6. The zero-order valence-corrected chi connectivity index (χ0v) is 18.6. The summed E-state index contributed by atoms with van der Waals surface area (Å²) in [4.78, 5) is 11.4. The molecule has 29 heavy (non-hydrogen) atoms. The van der Waals surface area contributed by atoms with Crippen LogP contribution in [-0.2, 0) is 6.61 Å². The normalized spacial score (nSPS) is 11.6. The Balaban J connectivity index is 1.44. The van der Waals surface area contributed by atoms with Crippen molar-refractivity contribution in [2.75, 3.05) is 0 Å². The van der Waals surface area contributed by atoms with Crippen molar-refractivity contribution >= 4 is 54.7 Å².